The molecule has 0 rings (SSSR count). The second-order valence-electron chi connectivity index (χ2n) is 4.37. The molecule has 0 bridgehead atoms. The van der Waals surface area contributed by atoms with E-state index in [-0.39, 0.29) is 17.9 Å². The molecule has 0 spiro atoms. The van der Waals surface area contributed by atoms with Crippen molar-refractivity contribution >= 4 is 5.91 Å². The monoisotopic (exact) mass is 202 g/mol. The maximum atomic E-state index is 11.3. The molecule has 0 aromatic rings. The average Bonchev–Trinajstić information content (AvgIpc) is 2.13. The second-order valence-corrected chi connectivity index (χ2v) is 4.37. The summed E-state index contributed by atoms with van der Waals surface area (Å²) >= 11 is 0. The molecule has 4 N–H and O–H groups in total. The van der Waals surface area contributed by atoms with Gasteiger partial charge >= 0.3 is 0 Å². The summed E-state index contributed by atoms with van der Waals surface area (Å²) < 4.78 is 0. The fourth-order valence-electron chi connectivity index (χ4n) is 1.03. The molecule has 0 unspecified atom stereocenters. The van der Waals surface area contributed by atoms with Crippen molar-refractivity contribution in [1.82, 2.24) is 5.32 Å². The molecule has 4 nitrogen and oxygen atoms in total. The average molecular weight is 202 g/mol. The van der Waals surface area contributed by atoms with E-state index in [0.29, 0.717) is 19.4 Å². The summed E-state index contributed by atoms with van der Waals surface area (Å²) in [4.78, 5) is 11.3. The molecule has 1 atom stereocenters. The van der Waals surface area contributed by atoms with Gasteiger partial charge in [0.15, 0.2) is 0 Å². The number of aliphatic hydroxyl groups is 1. The highest BCUT2D eigenvalue weighted by atomic mass is 16.3. The molecule has 0 saturated carbocycles. The number of nitrogens with two attached hydrogens (primary N) is 1. The Balaban J connectivity index is 3.87. The molecule has 1 amide bonds. The van der Waals surface area contributed by atoms with Gasteiger partial charge in [-0.15, -0.1) is 0 Å². The minimum atomic E-state index is -0.417. The summed E-state index contributed by atoms with van der Waals surface area (Å²) in [6, 6.07) is -0.417. The zero-order valence-corrected chi connectivity index (χ0v) is 9.34. The summed E-state index contributed by atoms with van der Waals surface area (Å²) in [5.41, 5.74) is 5.49. The maximum Gasteiger partial charge on any atom is 0.236 e. The number of hydrogen-bond acceptors (Lipinski definition) is 3. The minimum absolute atomic E-state index is 0.0716. The van der Waals surface area contributed by atoms with Gasteiger partial charge in [0, 0.05) is 13.2 Å². The third-order valence-corrected chi connectivity index (χ3v) is 2.31. The molecule has 0 saturated heterocycles. The van der Waals surface area contributed by atoms with Crippen LogP contribution in [0.1, 0.15) is 33.6 Å². The van der Waals surface area contributed by atoms with Gasteiger partial charge in [0.2, 0.25) is 5.91 Å². The zero-order valence-electron chi connectivity index (χ0n) is 9.34. The van der Waals surface area contributed by atoms with E-state index >= 15 is 0 Å². The van der Waals surface area contributed by atoms with E-state index in [4.69, 9.17) is 10.8 Å². The van der Waals surface area contributed by atoms with Crippen molar-refractivity contribution in [1.29, 1.82) is 0 Å². The van der Waals surface area contributed by atoms with Crippen LogP contribution in [0.2, 0.25) is 0 Å². The lowest BCUT2D eigenvalue weighted by molar-refractivity contribution is -0.122. The van der Waals surface area contributed by atoms with Gasteiger partial charge in [-0.1, -0.05) is 20.8 Å². The van der Waals surface area contributed by atoms with Gasteiger partial charge in [0.25, 0.3) is 0 Å². The van der Waals surface area contributed by atoms with E-state index in [2.05, 4.69) is 5.32 Å². The Kier molecular flexibility index (Phi) is 5.72. The fraction of sp³-hybridized carbons (Fsp3) is 0.900. The first-order valence-corrected chi connectivity index (χ1v) is 5.07. The Morgan fingerprint density at radius 3 is 2.57 bits per heavy atom. The number of carbonyl (C=O) groups is 1. The van der Waals surface area contributed by atoms with Gasteiger partial charge in [0.05, 0.1) is 6.04 Å². The van der Waals surface area contributed by atoms with Gasteiger partial charge in [-0.25, -0.2) is 0 Å². The molecule has 0 aliphatic carbocycles. The van der Waals surface area contributed by atoms with Gasteiger partial charge in [-0.3, -0.25) is 4.79 Å². The van der Waals surface area contributed by atoms with Crippen LogP contribution in [0.4, 0.5) is 0 Å². The van der Waals surface area contributed by atoms with Crippen molar-refractivity contribution in [3.05, 3.63) is 0 Å². The van der Waals surface area contributed by atoms with Crippen molar-refractivity contribution in [2.24, 2.45) is 11.1 Å². The van der Waals surface area contributed by atoms with Gasteiger partial charge in [-0.2, -0.15) is 0 Å². The number of rotatable bonds is 6. The third kappa shape index (κ3) is 5.19. The maximum absolute atomic E-state index is 11.3. The summed E-state index contributed by atoms with van der Waals surface area (Å²) in [6.07, 6.45) is 1.32. The van der Waals surface area contributed by atoms with Crippen LogP contribution in [0.15, 0.2) is 0 Å². The summed E-state index contributed by atoms with van der Waals surface area (Å²) in [7, 11) is 0. The van der Waals surface area contributed by atoms with Crippen molar-refractivity contribution in [2.75, 3.05) is 13.2 Å². The molecule has 0 aromatic carbocycles. The van der Waals surface area contributed by atoms with Crippen LogP contribution < -0.4 is 11.1 Å². The Morgan fingerprint density at radius 1 is 1.57 bits per heavy atom. The van der Waals surface area contributed by atoms with Gasteiger partial charge < -0.3 is 16.2 Å². The topological polar surface area (TPSA) is 75.4 Å². The van der Waals surface area contributed by atoms with Crippen molar-refractivity contribution < 1.29 is 9.90 Å². The number of amides is 1. The van der Waals surface area contributed by atoms with Crippen LogP contribution in [0.5, 0.6) is 0 Å². The Labute approximate surface area is 85.9 Å². The van der Waals surface area contributed by atoms with E-state index in [1.807, 2.05) is 20.8 Å². The summed E-state index contributed by atoms with van der Waals surface area (Å²) in [5, 5.41) is 11.6. The van der Waals surface area contributed by atoms with E-state index in [0.717, 1.165) is 0 Å². The van der Waals surface area contributed by atoms with Crippen LogP contribution in [0.25, 0.3) is 0 Å². The van der Waals surface area contributed by atoms with Crippen molar-refractivity contribution in [2.45, 2.75) is 39.7 Å². The van der Waals surface area contributed by atoms with E-state index in [1.165, 1.54) is 0 Å². The number of carbonyl (C=O) groups excluding carboxylic acids is 1. The number of aliphatic hydroxyl groups excluding tert-OH is 1. The van der Waals surface area contributed by atoms with Crippen LogP contribution in [-0.2, 0) is 4.79 Å². The minimum Gasteiger partial charge on any atom is -0.396 e. The Bertz CT molecular complexity index is 181. The Hall–Kier alpha value is -0.610. The lowest BCUT2D eigenvalue weighted by Crippen LogP contribution is -2.43. The summed E-state index contributed by atoms with van der Waals surface area (Å²) in [5.74, 6) is -0.112. The molecule has 0 aliphatic heterocycles. The quantitative estimate of drug-likeness (QED) is 0.578. The van der Waals surface area contributed by atoms with Crippen LogP contribution in [0, 0.1) is 5.41 Å². The van der Waals surface area contributed by atoms with Crippen molar-refractivity contribution in [3.63, 3.8) is 0 Å². The molecule has 4 heteroatoms. The first kappa shape index (κ1) is 13.4. The molecule has 0 aliphatic rings. The molecule has 14 heavy (non-hydrogen) atoms. The molecule has 84 valence electrons. The van der Waals surface area contributed by atoms with Crippen molar-refractivity contribution in [3.8, 4) is 0 Å². The molecular formula is C10H22N2O2. The van der Waals surface area contributed by atoms with Gasteiger partial charge in [-0.05, 0) is 18.3 Å². The lowest BCUT2D eigenvalue weighted by Gasteiger charge is -2.24. The second kappa shape index (κ2) is 5.98. The highest BCUT2D eigenvalue weighted by Crippen LogP contribution is 2.17. The smallest absolute Gasteiger partial charge is 0.236 e. The number of nitrogens with one attached hydrogen (secondary N) is 1. The first-order chi connectivity index (χ1) is 6.43. The Morgan fingerprint density at radius 2 is 2.14 bits per heavy atom. The molecular weight excluding hydrogens is 180 g/mol. The highest BCUT2D eigenvalue weighted by molar-refractivity contribution is 5.81. The molecule has 0 fully saturated rings. The van der Waals surface area contributed by atoms with E-state index < -0.39 is 6.04 Å². The molecule has 0 radical (unpaired) electrons. The lowest BCUT2D eigenvalue weighted by atomic mass is 9.89. The van der Waals surface area contributed by atoms with Crippen LogP contribution >= 0.6 is 0 Å². The van der Waals surface area contributed by atoms with Gasteiger partial charge in [0.1, 0.15) is 0 Å². The normalized spacial score (nSPS) is 13.8. The standard InChI is InChI=1S/C10H22N2O2/c1-4-8(11)9(14)12-7-10(2,3)5-6-13/h8,13H,4-7,11H2,1-3H3,(H,12,14)/t8-/m0/s1. The van der Waals surface area contributed by atoms with E-state index in [1.54, 1.807) is 0 Å². The highest BCUT2D eigenvalue weighted by Gasteiger charge is 2.19. The zero-order chi connectivity index (χ0) is 11.2. The predicted molar refractivity (Wildman–Crippen MR) is 56.8 cm³/mol. The third-order valence-electron chi connectivity index (χ3n) is 2.31. The predicted octanol–water partition coefficient (Wildman–Crippen LogP) is 0.248. The van der Waals surface area contributed by atoms with Crippen LogP contribution in [0.3, 0.4) is 0 Å². The number of hydrogen-bond donors (Lipinski definition) is 3. The SMILES string of the molecule is CC[C@H](N)C(=O)NCC(C)(C)CCO. The van der Waals surface area contributed by atoms with Crippen LogP contribution in [-0.4, -0.2) is 30.2 Å². The van der Waals surface area contributed by atoms with E-state index in [9.17, 15) is 4.79 Å². The first-order valence-electron chi connectivity index (χ1n) is 5.07. The fourth-order valence-corrected chi connectivity index (χ4v) is 1.03. The molecule has 0 heterocycles. The molecule has 0 aromatic heterocycles. The summed E-state index contributed by atoms with van der Waals surface area (Å²) in [6.45, 7) is 6.58. The largest absolute Gasteiger partial charge is 0.396 e.